The molecule has 3 aromatic rings. The van der Waals surface area contributed by atoms with Crippen molar-refractivity contribution >= 4 is 26.8 Å². The van der Waals surface area contributed by atoms with Crippen molar-refractivity contribution in [2.75, 3.05) is 0 Å². The van der Waals surface area contributed by atoms with E-state index >= 15 is 0 Å². The quantitative estimate of drug-likeness (QED) is 0.699. The van der Waals surface area contributed by atoms with Crippen LogP contribution < -0.4 is 4.74 Å². The number of ether oxygens (including phenoxy) is 1. The Morgan fingerprint density at radius 3 is 2.74 bits per heavy atom. The highest BCUT2D eigenvalue weighted by Crippen LogP contribution is 2.32. The Balaban J connectivity index is 2.06. The van der Waals surface area contributed by atoms with E-state index in [-0.39, 0.29) is 0 Å². The fraction of sp³-hybridized carbons (Fsp3) is 0.0667. The van der Waals surface area contributed by atoms with Crippen LogP contribution in [0, 0.1) is 6.92 Å². The van der Waals surface area contributed by atoms with E-state index in [2.05, 4.69) is 25.9 Å². The lowest BCUT2D eigenvalue weighted by atomic mass is 10.2. The normalized spacial score (nSPS) is 10.6. The zero-order valence-corrected chi connectivity index (χ0v) is 11.9. The molecule has 0 N–H and O–H groups in total. The molecule has 4 heteroatoms. The van der Waals surface area contributed by atoms with Gasteiger partial charge in [-0.3, -0.25) is 0 Å². The maximum Gasteiger partial charge on any atom is 0.230 e. The molecule has 0 aliphatic rings. The fourth-order valence-electron chi connectivity index (χ4n) is 1.85. The second-order valence-electron chi connectivity index (χ2n) is 4.23. The van der Waals surface area contributed by atoms with Gasteiger partial charge >= 0.3 is 0 Å². The lowest BCUT2D eigenvalue weighted by Crippen LogP contribution is -1.92. The average Bonchev–Trinajstić information content (AvgIpc) is 2.42. The minimum absolute atomic E-state index is 0.565. The molecule has 0 atom stereocenters. The fourth-order valence-corrected chi connectivity index (χ4v) is 2.43. The van der Waals surface area contributed by atoms with Gasteiger partial charge in [-0.15, -0.1) is 0 Å². The number of nitrogens with zero attached hydrogens (tertiary/aromatic N) is 2. The van der Waals surface area contributed by atoms with E-state index in [0.717, 1.165) is 21.1 Å². The molecule has 1 aromatic heterocycles. The molecule has 0 saturated heterocycles. The van der Waals surface area contributed by atoms with Gasteiger partial charge < -0.3 is 4.74 Å². The van der Waals surface area contributed by atoms with Crippen LogP contribution >= 0.6 is 15.9 Å². The second kappa shape index (κ2) is 4.97. The number of halogens is 1. The van der Waals surface area contributed by atoms with Gasteiger partial charge in [0, 0.05) is 0 Å². The van der Waals surface area contributed by atoms with Crippen molar-refractivity contribution < 1.29 is 4.74 Å². The van der Waals surface area contributed by atoms with E-state index in [1.54, 1.807) is 0 Å². The predicted molar refractivity (Wildman–Crippen MR) is 78.5 cm³/mol. The smallest absolute Gasteiger partial charge is 0.230 e. The van der Waals surface area contributed by atoms with Crippen molar-refractivity contribution in [1.29, 1.82) is 0 Å². The third kappa shape index (κ3) is 2.44. The van der Waals surface area contributed by atoms with Gasteiger partial charge in [-0.2, -0.15) is 0 Å². The van der Waals surface area contributed by atoms with Crippen LogP contribution in [0.4, 0.5) is 0 Å². The first kappa shape index (κ1) is 12.1. The van der Waals surface area contributed by atoms with Crippen molar-refractivity contribution in [2.24, 2.45) is 0 Å². The van der Waals surface area contributed by atoms with Crippen LogP contribution in [0.15, 0.2) is 53.3 Å². The number of aromatic nitrogens is 2. The molecule has 0 saturated carbocycles. The van der Waals surface area contributed by atoms with E-state index in [9.17, 15) is 0 Å². The summed E-state index contributed by atoms with van der Waals surface area (Å²) < 4.78 is 6.79. The Bertz CT molecular complexity index is 738. The van der Waals surface area contributed by atoms with Crippen molar-refractivity contribution in [1.82, 2.24) is 9.97 Å². The largest absolute Gasteiger partial charge is 0.437 e. The Morgan fingerprint density at radius 1 is 1.05 bits per heavy atom. The first-order valence-corrected chi connectivity index (χ1v) is 6.67. The molecule has 3 rings (SSSR count). The number of fused-ring (bicyclic) bond motifs is 1. The van der Waals surface area contributed by atoms with Crippen LogP contribution in [0.25, 0.3) is 10.9 Å². The molecule has 0 fully saturated rings. The summed E-state index contributed by atoms with van der Waals surface area (Å²) in [6.45, 7) is 2.04. The van der Waals surface area contributed by atoms with Gasteiger partial charge in [0.15, 0.2) is 0 Å². The third-order valence-corrected chi connectivity index (χ3v) is 3.42. The van der Waals surface area contributed by atoms with Crippen molar-refractivity contribution in [2.45, 2.75) is 6.92 Å². The zero-order valence-electron chi connectivity index (χ0n) is 10.3. The van der Waals surface area contributed by atoms with Crippen LogP contribution in [-0.2, 0) is 0 Å². The van der Waals surface area contributed by atoms with Gasteiger partial charge in [-0.05, 0) is 52.7 Å². The first-order valence-electron chi connectivity index (χ1n) is 5.88. The lowest BCUT2D eigenvalue weighted by molar-refractivity contribution is 0.465. The van der Waals surface area contributed by atoms with Crippen LogP contribution in [-0.4, -0.2) is 9.97 Å². The summed E-state index contributed by atoms with van der Waals surface area (Å²) in [5.41, 5.74) is 2.04. The summed E-state index contributed by atoms with van der Waals surface area (Å²) in [6, 6.07) is 13.7. The molecule has 19 heavy (non-hydrogen) atoms. The zero-order chi connectivity index (χ0) is 13.2. The van der Waals surface area contributed by atoms with Gasteiger partial charge in [-0.1, -0.05) is 18.2 Å². The third-order valence-electron chi connectivity index (χ3n) is 2.80. The molecule has 0 aliphatic heterocycles. The molecule has 0 bridgehead atoms. The number of hydrogen-bond donors (Lipinski definition) is 0. The van der Waals surface area contributed by atoms with Gasteiger partial charge in [-0.25, -0.2) is 9.97 Å². The first-order chi connectivity index (χ1) is 9.24. The van der Waals surface area contributed by atoms with Crippen LogP contribution in [0.5, 0.6) is 11.6 Å². The summed E-state index contributed by atoms with van der Waals surface area (Å²) in [5.74, 6) is 1.31. The molecule has 0 radical (unpaired) electrons. The molecule has 3 nitrogen and oxygen atoms in total. The van der Waals surface area contributed by atoms with E-state index in [1.807, 2.05) is 49.4 Å². The highest BCUT2D eigenvalue weighted by molar-refractivity contribution is 9.10. The van der Waals surface area contributed by atoms with Crippen molar-refractivity contribution in [3.8, 4) is 11.6 Å². The topological polar surface area (TPSA) is 35.0 Å². The van der Waals surface area contributed by atoms with Crippen molar-refractivity contribution in [3.05, 3.63) is 58.8 Å². The van der Waals surface area contributed by atoms with Crippen LogP contribution in [0.2, 0.25) is 0 Å². The predicted octanol–water partition coefficient (Wildman–Crippen LogP) is 4.49. The van der Waals surface area contributed by atoms with E-state index in [1.165, 1.54) is 11.9 Å². The molecule has 0 aliphatic carbocycles. The average molecular weight is 315 g/mol. The van der Waals surface area contributed by atoms with Gasteiger partial charge in [0.05, 0.1) is 15.4 Å². The van der Waals surface area contributed by atoms with Gasteiger partial charge in [0.25, 0.3) is 0 Å². The highest BCUT2D eigenvalue weighted by atomic mass is 79.9. The number of para-hydroxylation sites is 1. The summed E-state index contributed by atoms with van der Waals surface area (Å²) in [7, 11) is 0. The van der Waals surface area contributed by atoms with Crippen LogP contribution in [0.1, 0.15) is 5.56 Å². The summed E-state index contributed by atoms with van der Waals surface area (Å²) in [5, 5.41) is 0.900. The molecule has 0 unspecified atom stereocenters. The highest BCUT2D eigenvalue weighted by Gasteiger charge is 2.08. The molecule has 94 valence electrons. The minimum Gasteiger partial charge on any atom is -0.437 e. The Morgan fingerprint density at radius 2 is 1.89 bits per heavy atom. The van der Waals surface area contributed by atoms with E-state index < -0.39 is 0 Å². The summed E-state index contributed by atoms with van der Waals surface area (Å²) in [4.78, 5) is 8.43. The minimum atomic E-state index is 0.565. The number of aryl methyl sites for hydroxylation is 1. The van der Waals surface area contributed by atoms with E-state index in [0.29, 0.717) is 5.88 Å². The van der Waals surface area contributed by atoms with Gasteiger partial charge in [0.2, 0.25) is 5.88 Å². The number of benzene rings is 2. The Labute approximate surface area is 119 Å². The molecule has 0 spiro atoms. The lowest BCUT2D eigenvalue weighted by Gasteiger charge is -2.09. The SMILES string of the molecule is Cc1ccc(Oc2ncnc3ccccc23)c(Br)c1. The van der Waals surface area contributed by atoms with Gasteiger partial charge in [0.1, 0.15) is 12.1 Å². The molecule has 2 aromatic carbocycles. The monoisotopic (exact) mass is 314 g/mol. The molecule has 0 amide bonds. The maximum atomic E-state index is 5.88. The maximum absolute atomic E-state index is 5.88. The molecule has 1 heterocycles. The van der Waals surface area contributed by atoms with Crippen LogP contribution in [0.3, 0.4) is 0 Å². The molecular weight excluding hydrogens is 304 g/mol. The second-order valence-corrected chi connectivity index (χ2v) is 5.09. The van der Waals surface area contributed by atoms with E-state index in [4.69, 9.17) is 4.74 Å². The van der Waals surface area contributed by atoms with Crippen molar-refractivity contribution in [3.63, 3.8) is 0 Å². The number of hydrogen-bond acceptors (Lipinski definition) is 3. The Kier molecular flexibility index (Phi) is 3.17. The molecular formula is C15H11BrN2O. The Hall–Kier alpha value is -1.94. The summed E-state index contributed by atoms with van der Waals surface area (Å²) in [6.07, 6.45) is 1.51. The summed E-state index contributed by atoms with van der Waals surface area (Å²) >= 11 is 3.50. The standard InChI is InChI=1S/C15H11BrN2O/c1-10-6-7-14(12(16)8-10)19-15-11-4-2-3-5-13(11)17-9-18-15/h2-9H,1H3. The number of rotatable bonds is 2.